The molecule has 298 valence electrons. The molecule has 0 aliphatic carbocycles. The molecule has 0 bridgehead atoms. The van der Waals surface area contributed by atoms with Crippen LogP contribution in [0.4, 0.5) is 0 Å². The van der Waals surface area contributed by atoms with Crippen molar-refractivity contribution in [1.29, 1.82) is 0 Å². The van der Waals surface area contributed by atoms with Crippen LogP contribution in [0.25, 0.3) is 72.8 Å². The number of fused-ring (bicyclic) bond motifs is 3. The third-order valence-electron chi connectivity index (χ3n) is 12.3. The van der Waals surface area contributed by atoms with Crippen LogP contribution in [0.1, 0.15) is 27.8 Å². The highest BCUT2D eigenvalue weighted by molar-refractivity contribution is 6.10. The molecule has 0 saturated carbocycles. The molecule has 2 aromatic heterocycles. The molecule has 0 radical (unpaired) electrons. The summed E-state index contributed by atoms with van der Waals surface area (Å²) >= 11 is 0. The topological polar surface area (TPSA) is 43.6 Å². The van der Waals surface area contributed by atoms with E-state index in [1.54, 1.807) is 0 Å². The molecule has 0 aliphatic heterocycles. The second-order valence-corrected chi connectivity index (χ2v) is 16.1. The molecular weight excluding hydrogens is 765 g/mol. The van der Waals surface area contributed by atoms with Gasteiger partial charge in [-0.25, -0.2) is 15.0 Å². The van der Waals surface area contributed by atoms with Gasteiger partial charge < -0.3 is 4.57 Å². The van der Waals surface area contributed by atoms with Crippen molar-refractivity contribution >= 4 is 21.8 Å². The molecule has 9 aromatic carbocycles. The van der Waals surface area contributed by atoms with E-state index < -0.39 is 5.41 Å². The number of benzene rings is 9. The summed E-state index contributed by atoms with van der Waals surface area (Å²) in [5.41, 5.74) is 13.8. The van der Waals surface area contributed by atoms with E-state index in [-0.39, 0.29) is 0 Å². The normalized spacial score (nSPS) is 11.6. The molecule has 0 atom stereocenters. The van der Waals surface area contributed by atoms with Gasteiger partial charge in [0.1, 0.15) is 0 Å². The summed E-state index contributed by atoms with van der Waals surface area (Å²) in [4.78, 5) is 15.3. The molecule has 0 fully saturated rings. The Labute approximate surface area is 367 Å². The van der Waals surface area contributed by atoms with Crippen molar-refractivity contribution in [3.63, 3.8) is 0 Å². The summed E-state index contributed by atoms with van der Waals surface area (Å²) < 4.78 is 2.41. The quantitative estimate of drug-likeness (QED) is 0.136. The van der Waals surface area contributed by atoms with Crippen molar-refractivity contribution in [2.24, 2.45) is 0 Å². The first-order valence-corrected chi connectivity index (χ1v) is 21.4. The Morgan fingerprint density at radius 2 is 0.762 bits per heavy atom. The van der Waals surface area contributed by atoms with Gasteiger partial charge in [-0.2, -0.15) is 0 Å². The fourth-order valence-electron chi connectivity index (χ4n) is 9.35. The third kappa shape index (κ3) is 6.70. The van der Waals surface area contributed by atoms with Gasteiger partial charge in [0, 0.05) is 33.0 Å². The maximum absolute atomic E-state index is 5.15. The van der Waals surface area contributed by atoms with Gasteiger partial charge in [0.15, 0.2) is 17.5 Å². The van der Waals surface area contributed by atoms with Crippen LogP contribution in [0.15, 0.2) is 237 Å². The highest BCUT2D eigenvalue weighted by atomic mass is 15.0. The van der Waals surface area contributed by atoms with E-state index in [0.717, 1.165) is 44.5 Å². The second kappa shape index (κ2) is 16.0. The van der Waals surface area contributed by atoms with Crippen LogP contribution in [-0.2, 0) is 5.41 Å². The van der Waals surface area contributed by atoms with Crippen LogP contribution >= 0.6 is 0 Å². The number of nitrogens with zero attached hydrogens (tertiary/aromatic N) is 4. The van der Waals surface area contributed by atoms with Crippen LogP contribution in [0.3, 0.4) is 0 Å². The molecular formula is C59H42N4. The van der Waals surface area contributed by atoms with Gasteiger partial charge in [0.05, 0.1) is 22.1 Å². The smallest absolute Gasteiger partial charge is 0.164 e. The zero-order valence-corrected chi connectivity index (χ0v) is 34.8. The predicted octanol–water partition coefficient (Wildman–Crippen LogP) is 14.3. The van der Waals surface area contributed by atoms with Crippen LogP contribution < -0.4 is 0 Å². The minimum absolute atomic E-state index is 0.565. The first-order valence-electron chi connectivity index (χ1n) is 21.4. The lowest BCUT2D eigenvalue weighted by Gasteiger charge is -2.37. The number of hydrogen-bond donors (Lipinski definition) is 0. The van der Waals surface area contributed by atoms with Crippen molar-refractivity contribution in [3.05, 3.63) is 264 Å². The molecule has 4 heteroatoms. The molecule has 0 unspecified atom stereocenters. The summed E-state index contributed by atoms with van der Waals surface area (Å²) in [6.45, 7) is 2.16. The third-order valence-corrected chi connectivity index (χ3v) is 12.3. The first-order chi connectivity index (χ1) is 31.1. The Hall–Kier alpha value is -8.21. The minimum Gasteiger partial charge on any atom is -0.309 e. The van der Waals surface area contributed by atoms with E-state index in [9.17, 15) is 0 Å². The van der Waals surface area contributed by atoms with Crippen LogP contribution in [0.2, 0.25) is 0 Å². The molecule has 11 aromatic rings. The number of aromatic nitrogens is 4. The lowest BCUT2D eigenvalue weighted by molar-refractivity contribution is 0.745. The summed E-state index contributed by atoms with van der Waals surface area (Å²) in [5.74, 6) is 1.87. The highest BCUT2D eigenvalue weighted by Crippen LogP contribution is 2.46. The monoisotopic (exact) mass is 806 g/mol. The van der Waals surface area contributed by atoms with Gasteiger partial charge >= 0.3 is 0 Å². The van der Waals surface area contributed by atoms with E-state index in [0.29, 0.717) is 17.5 Å². The summed E-state index contributed by atoms with van der Waals surface area (Å²) in [6.07, 6.45) is 0. The van der Waals surface area contributed by atoms with Crippen molar-refractivity contribution < 1.29 is 0 Å². The fraction of sp³-hybridized carbons (Fsp3) is 0.0339. The second-order valence-electron chi connectivity index (χ2n) is 16.1. The Balaban J connectivity index is 1.16. The first kappa shape index (κ1) is 37.8. The predicted molar refractivity (Wildman–Crippen MR) is 259 cm³/mol. The number of para-hydroxylation sites is 1. The molecule has 2 heterocycles. The van der Waals surface area contributed by atoms with Gasteiger partial charge in [-0.05, 0) is 71.1 Å². The van der Waals surface area contributed by atoms with Crippen LogP contribution in [-0.4, -0.2) is 19.5 Å². The summed E-state index contributed by atoms with van der Waals surface area (Å²) in [7, 11) is 0. The van der Waals surface area contributed by atoms with E-state index in [1.807, 2.05) is 60.7 Å². The summed E-state index contributed by atoms with van der Waals surface area (Å²) in [5, 5.41) is 2.45. The molecule has 0 saturated heterocycles. The molecule has 0 N–H and O–H groups in total. The lowest BCUT2D eigenvalue weighted by atomic mass is 9.65. The van der Waals surface area contributed by atoms with Crippen molar-refractivity contribution in [2.45, 2.75) is 12.3 Å². The zero-order chi connectivity index (χ0) is 42.2. The number of hydrogen-bond acceptors (Lipinski definition) is 3. The highest BCUT2D eigenvalue weighted by Gasteiger charge is 2.38. The van der Waals surface area contributed by atoms with Gasteiger partial charge in [0.25, 0.3) is 0 Å². The fourth-order valence-corrected chi connectivity index (χ4v) is 9.35. The van der Waals surface area contributed by atoms with Crippen molar-refractivity contribution in [2.75, 3.05) is 0 Å². The summed E-state index contributed by atoms with van der Waals surface area (Å²) in [6, 6.07) is 84.3. The van der Waals surface area contributed by atoms with Gasteiger partial charge in [-0.15, -0.1) is 0 Å². The molecule has 0 spiro atoms. The Morgan fingerprint density at radius 1 is 0.333 bits per heavy atom. The van der Waals surface area contributed by atoms with Gasteiger partial charge in [-0.3, -0.25) is 0 Å². The number of rotatable bonds is 9. The largest absolute Gasteiger partial charge is 0.309 e. The van der Waals surface area contributed by atoms with E-state index in [4.69, 9.17) is 15.0 Å². The maximum Gasteiger partial charge on any atom is 0.164 e. The SMILES string of the molecule is Cc1ccc2c(c1)c1ccccc1n2-c1ccc(-c2nc(-c3ccccc3)nc(-c3ccccc3)n2)cc1-c1ccc(C(c2ccccc2)(c2ccccc2)c2ccccc2)cc1. The molecule has 0 aliphatic rings. The molecule has 0 amide bonds. The van der Waals surface area contributed by atoms with Gasteiger partial charge in [0.2, 0.25) is 0 Å². The average molecular weight is 807 g/mol. The maximum atomic E-state index is 5.15. The van der Waals surface area contributed by atoms with Crippen molar-refractivity contribution in [1.82, 2.24) is 19.5 Å². The Bertz CT molecular complexity index is 3210. The molecule has 63 heavy (non-hydrogen) atoms. The molecule has 11 rings (SSSR count). The van der Waals surface area contributed by atoms with E-state index >= 15 is 0 Å². The Kier molecular flexibility index (Phi) is 9.59. The van der Waals surface area contributed by atoms with E-state index in [2.05, 4.69) is 187 Å². The van der Waals surface area contributed by atoms with Crippen LogP contribution in [0.5, 0.6) is 0 Å². The lowest BCUT2D eigenvalue weighted by Crippen LogP contribution is -2.30. The number of aryl methyl sites for hydroxylation is 1. The standard InChI is InChI=1S/C59H42N4/c1-41-31-37-55-52(39-41)50-29-17-18-30-53(50)63(55)54-38-34-45(58-61-56(43-19-7-2-8-20-43)60-57(62-58)44-21-9-3-10-22-44)40-51(54)42-32-35-49(36-33-42)59(46-23-11-4-12-24-46,47-25-13-5-14-26-47)48-27-15-6-16-28-48/h2-40H,1H3. The average Bonchev–Trinajstić information content (AvgIpc) is 3.69. The van der Waals surface area contributed by atoms with Crippen LogP contribution in [0, 0.1) is 6.92 Å². The van der Waals surface area contributed by atoms with Crippen molar-refractivity contribution in [3.8, 4) is 51.0 Å². The molecule has 4 nitrogen and oxygen atoms in total. The Morgan fingerprint density at radius 3 is 1.30 bits per heavy atom. The minimum atomic E-state index is -0.565. The zero-order valence-electron chi connectivity index (χ0n) is 34.8. The van der Waals surface area contributed by atoms with E-state index in [1.165, 1.54) is 38.6 Å². The van der Waals surface area contributed by atoms with Gasteiger partial charge in [-0.1, -0.05) is 206 Å².